The number of hydrogen-bond acceptors (Lipinski definition) is 2. The molecule has 0 radical (unpaired) electrons. The molecule has 3 nitrogen and oxygen atoms in total. The quantitative estimate of drug-likeness (QED) is 0.573. The van der Waals surface area contributed by atoms with E-state index in [1.54, 1.807) is 0 Å². The normalized spacial score (nSPS) is 25.8. The van der Waals surface area contributed by atoms with Gasteiger partial charge in [-0.25, -0.2) is 0 Å². The summed E-state index contributed by atoms with van der Waals surface area (Å²) in [5.74, 6) is -0.747. The lowest BCUT2D eigenvalue weighted by atomic mass is 9.93. The third-order valence-electron chi connectivity index (χ3n) is 3.98. The standard InChI is InChI=1S/C14H27NO2/c1-3-4-8-11-15(2)13-10-7-5-6-9-12(13)14(16)17/h12-13H,3-11H2,1-2H3,(H,16,17). The van der Waals surface area contributed by atoms with Gasteiger partial charge in [0.25, 0.3) is 0 Å². The Kier molecular flexibility index (Phi) is 6.56. The molecule has 100 valence electrons. The first kappa shape index (κ1) is 14.5. The van der Waals surface area contributed by atoms with Crippen molar-refractivity contribution < 1.29 is 9.90 Å². The van der Waals surface area contributed by atoms with Gasteiger partial charge in [-0.15, -0.1) is 0 Å². The summed E-state index contributed by atoms with van der Waals surface area (Å²) in [6.07, 6.45) is 9.04. The Bertz CT molecular complexity index is 230. The van der Waals surface area contributed by atoms with Crippen LogP contribution in [0.15, 0.2) is 0 Å². The number of unbranched alkanes of at least 4 members (excludes halogenated alkanes) is 2. The summed E-state index contributed by atoms with van der Waals surface area (Å²) in [6.45, 7) is 3.24. The van der Waals surface area contributed by atoms with Gasteiger partial charge < -0.3 is 10.0 Å². The maximum absolute atomic E-state index is 11.3. The molecule has 1 fully saturated rings. The minimum atomic E-state index is -0.598. The average Bonchev–Trinajstić information content (AvgIpc) is 2.54. The van der Waals surface area contributed by atoms with E-state index in [9.17, 15) is 9.90 Å². The molecule has 0 bridgehead atoms. The Morgan fingerprint density at radius 1 is 1.24 bits per heavy atom. The lowest BCUT2D eigenvalue weighted by molar-refractivity contribution is -0.144. The molecule has 0 aromatic rings. The number of hydrogen-bond donors (Lipinski definition) is 1. The third-order valence-corrected chi connectivity index (χ3v) is 3.98. The van der Waals surface area contributed by atoms with E-state index in [0.717, 1.165) is 25.8 Å². The van der Waals surface area contributed by atoms with E-state index < -0.39 is 5.97 Å². The van der Waals surface area contributed by atoms with Crippen LogP contribution in [0.2, 0.25) is 0 Å². The van der Waals surface area contributed by atoms with Crippen LogP contribution in [0.4, 0.5) is 0 Å². The zero-order valence-corrected chi connectivity index (χ0v) is 11.3. The molecule has 0 spiro atoms. The van der Waals surface area contributed by atoms with Crippen LogP contribution in [-0.2, 0) is 4.79 Å². The van der Waals surface area contributed by atoms with E-state index in [2.05, 4.69) is 18.9 Å². The Morgan fingerprint density at radius 2 is 1.94 bits per heavy atom. The highest BCUT2D eigenvalue weighted by molar-refractivity contribution is 5.70. The summed E-state index contributed by atoms with van der Waals surface area (Å²) in [5, 5.41) is 9.33. The minimum Gasteiger partial charge on any atom is -0.481 e. The van der Waals surface area contributed by atoms with Gasteiger partial charge in [0.1, 0.15) is 0 Å². The van der Waals surface area contributed by atoms with Crippen molar-refractivity contribution >= 4 is 5.97 Å². The maximum Gasteiger partial charge on any atom is 0.308 e. The summed E-state index contributed by atoms with van der Waals surface area (Å²) in [5.41, 5.74) is 0. The van der Waals surface area contributed by atoms with Crippen LogP contribution in [0.3, 0.4) is 0 Å². The smallest absolute Gasteiger partial charge is 0.308 e. The first-order chi connectivity index (χ1) is 8.16. The molecule has 0 heterocycles. The number of nitrogens with zero attached hydrogens (tertiary/aromatic N) is 1. The lowest BCUT2D eigenvalue weighted by Crippen LogP contribution is -2.41. The van der Waals surface area contributed by atoms with Crippen molar-refractivity contribution in [3.8, 4) is 0 Å². The van der Waals surface area contributed by atoms with Crippen molar-refractivity contribution in [3.05, 3.63) is 0 Å². The second kappa shape index (κ2) is 7.70. The van der Waals surface area contributed by atoms with Crippen LogP contribution >= 0.6 is 0 Å². The van der Waals surface area contributed by atoms with Crippen molar-refractivity contribution in [3.63, 3.8) is 0 Å². The Hall–Kier alpha value is -0.570. The molecule has 0 aromatic carbocycles. The monoisotopic (exact) mass is 241 g/mol. The fourth-order valence-corrected chi connectivity index (χ4v) is 2.88. The predicted molar refractivity (Wildman–Crippen MR) is 70.2 cm³/mol. The van der Waals surface area contributed by atoms with Gasteiger partial charge in [-0.3, -0.25) is 4.79 Å². The zero-order chi connectivity index (χ0) is 12.7. The molecule has 0 saturated heterocycles. The van der Waals surface area contributed by atoms with Gasteiger partial charge in [-0.1, -0.05) is 39.0 Å². The zero-order valence-electron chi connectivity index (χ0n) is 11.3. The minimum absolute atomic E-state index is 0.149. The van der Waals surface area contributed by atoms with E-state index in [1.807, 2.05) is 0 Å². The van der Waals surface area contributed by atoms with E-state index in [1.165, 1.54) is 32.1 Å². The maximum atomic E-state index is 11.3. The fraction of sp³-hybridized carbons (Fsp3) is 0.929. The largest absolute Gasteiger partial charge is 0.481 e. The molecule has 0 amide bonds. The Morgan fingerprint density at radius 3 is 2.59 bits per heavy atom. The summed E-state index contributed by atoms with van der Waals surface area (Å²) < 4.78 is 0. The van der Waals surface area contributed by atoms with Crippen molar-refractivity contribution in [1.82, 2.24) is 4.90 Å². The van der Waals surface area contributed by atoms with Gasteiger partial charge in [-0.05, 0) is 32.9 Å². The molecule has 3 heteroatoms. The number of rotatable bonds is 6. The molecule has 2 unspecified atom stereocenters. The van der Waals surface area contributed by atoms with Gasteiger partial charge >= 0.3 is 5.97 Å². The van der Waals surface area contributed by atoms with E-state index in [-0.39, 0.29) is 12.0 Å². The van der Waals surface area contributed by atoms with Crippen LogP contribution in [0.5, 0.6) is 0 Å². The number of aliphatic carboxylic acids is 1. The van der Waals surface area contributed by atoms with Crippen LogP contribution in [0, 0.1) is 5.92 Å². The van der Waals surface area contributed by atoms with Gasteiger partial charge in [-0.2, -0.15) is 0 Å². The summed E-state index contributed by atoms with van der Waals surface area (Å²) in [7, 11) is 2.10. The first-order valence-electron chi connectivity index (χ1n) is 7.09. The van der Waals surface area contributed by atoms with Gasteiger partial charge in [0.05, 0.1) is 5.92 Å². The van der Waals surface area contributed by atoms with Gasteiger partial charge in [0, 0.05) is 6.04 Å². The summed E-state index contributed by atoms with van der Waals surface area (Å²) >= 11 is 0. The highest BCUT2D eigenvalue weighted by Crippen LogP contribution is 2.27. The number of carbonyl (C=O) groups is 1. The van der Waals surface area contributed by atoms with Crippen molar-refractivity contribution in [2.75, 3.05) is 13.6 Å². The van der Waals surface area contributed by atoms with Crippen LogP contribution < -0.4 is 0 Å². The Labute approximate surface area is 105 Å². The van der Waals surface area contributed by atoms with Crippen molar-refractivity contribution in [1.29, 1.82) is 0 Å². The van der Waals surface area contributed by atoms with E-state index in [4.69, 9.17) is 0 Å². The fourth-order valence-electron chi connectivity index (χ4n) is 2.88. The topological polar surface area (TPSA) is 40.5 Å². The van der Waals surface area contributed by atoms with Crippen molar-refractivity contribution in [2.24, 2.45) is 5.92 Å². The Balaban J connectivity index is 2.52. The molecular formula is C14H27NO2. The summed E-state index contributed by atoms with van der Waals surface area (Å²) in [6, 6.07) is 0.256. The molecule has 1 aliphatic carbocycles. The molecule has 17 heavy (non-hydrogen) atoms. The number of carboxylic acid groups (broad SMARTS) is 1. The van der Waals surface area contributed by atoms with E-state index >= 15 is 0 Å². The molecule has 1 saturated carbocycles. The molecule has 0 aromatic heterocycles. The van der Waals surface area contributed by atoms with Crippen LogP contribution in [0.25, 0.3) is 0 Å². The SMILES string of the molecule is CCCCCN(C)C1CCCCCC1C(=O)O. The van der Waals surface area contributed by atoms with E-state index in [0.29, 0.717) is 0 Å². The first-order valence-corrected chi connectivity index (χ1v) is 7.09. The molecule has 1 N–H and O–H groups in total. The van der Waals surface area contributed by atoms with Gasteiger partial charge in [0.2, 0.25) is 0 Å². The van der Waals surface area contributed by atoms with Crippen LogP contribution in [0.1, 0.15) is 58.3 Å². The second-order valence-corrected chi connectivity index (χ2v) is 5.34. The molecule has 0 aliphatic heterocycles. The summed E-state index contributed by atoms with van der Waals surface area (Å²) in [4.78, 5) is 13.6. The van der Waals surface area contributed by atoms with Gasteiger partial charge in [0.15, 0.2) is 0 Å². The molecule has 2 atom stereocenters. The predicted octanol–water partition coefficient (Wildman–Crippen LogP) is 3.14. The molecule has 1 aliphatic rings. The highest BCUT2D eigenvalue weighted by Gasteiger charge is 2.31. The molecule has 1 rings (SSSR count). The van der Waals surface area contributed by atoms with Crippen LogP contribution in [-0.4, -0.2) is 35.6 Å². The molecular weight excluding hydrogens is 214 g/mol. The van der Waals surface area contributed by atoms with Crippen molar-refractivity contribution in [2.45, 2.75) is 64.3 Å². The third kappa shape index (κ3) is 4.66. The second-order valence-electron chi connectivity index (χ2n) is 5.34. The number of carboxylic acids is 1. The highest BCUT2D eigenvalue weighted by atomic mass is 16.4. The average molecular weight is 241 g/mol. The lowest BCUT2D eigenvalue weighted by Gasteiger charge is -2.31.